The lowest BCUT2D eigenvalue weighted by atomic mass is 10.2. The number of quaternary nitrogens is 1. The van der Waals surface area contributed by atoms with Crippen molar-refractivity contribution in [2.24, 2.45) is 0 Å². The van der Waals surface area contributed by atoms with E-state index in [4.69, 9.17) is 10.2 Å². The summed E-state index contributed by atoms with van der Waals surface area (Å²) in [5, 5.41) is 31.6. The molecule has 0 radical (unpaired) electrons. The van der Waals surface area contributed by atoms with Crippen molar-refractivity contribution in [2.45, 2.75) is 25.7 Å². The smallest absolute Gasteiger partial charge is 0.359 e. The van der Waals surface area contributed by atoms with Gasteiger partial charge in [0.05, 0.1) is 25.7 Å². The van der Waals surface area contributed by atoms with E-state index in [1.54, 1.807) is 6.08 Å². The van der Waals surface area contributed by atoms with Crippen molar-refractivity contribution in [3.05, 3.63) is 12.7 Å². The zero-order valence-electron chi connectivity index (χ0n) is 13.3. The van der Waals surface area contributed by atoms with Crippen LogP contribution in [0.1, 0.15) is 25.7 Å². The largest absolute Gasteiger partial charge is 0.544 e. The summed E-state index contributed by atoms with van der Waals surface area (Å²) >= 11 is 0. The molecule has 3 N–H and O–H groups in total. The van der Waals surface area contributed by atoms with Crippen LogP contribution < -0.4 is 10.4 Å². The van der Waals surface area contributed by atoms with E-state index in [1.807, 2.05) is 0 Å². The van der Waals surface area contributed by atoms with E-state index in [1.165, 1.54) is 0 Å². The summed E-state index contributed by atoms with van der Waals surface area (Å²) < 4.78 is -0.370. The molecule has 1 unspecified atom stereocenters. The third-order valence-corrected chi connectivity index (χ3v) is 3.48. The topological polar surface area (TPSA) is 127 Å². The monoisotopic (exact) mass is 330 g/mol. The zero-order valence-corrected chi connectivity index (χ0v) is 13.3. The number of unbranched alkanes of at least 4 members (excludes halogenated alkanes) is 2. The number of nitrogens with zero attached hydrogens (tertiary/aromatic N) is 1. The van der Waals surface area contributed by atoms with Gasteiger partial charge in [0, 0.05) is 6.42 Å². The minimum Gasteiger partial charge on any atom is -0.544 e. The van der Waals surface area contributed by atoms with Gasteiger partial charge in [0.25, 0.3) is 0 Å². The molecule has 0 spiro atoms. The third kappa shape index (κ3) is 10.4. The molecule has 8 heteroatoms. The molecule has 0 aliphatic rings. The minimum absolute atomic E-state index is 0.0323. The molecule has 0 saturated carbocycles. The summed E-state index contributed by atoms with van der Waals surface area (Å²) in [6.45, 7) is 2.47. The highest BCUT2D eigenvalue weighted by molar-refractivity contribution is 5.75. The fourth-order valence-electron chi connectivity index (χ4n) is 2.35. The molecular weight excluding hydrogens is 304 g/mol. The predicted molar refractivity (Wildman–Crippen MR) is 81.1 cm³/mol. The number of carbonyl (C=O) groups excluding carboxylic acids is 2. The molecule has 0 bridgehead atoms. The van der Waals surface area contributed by atoms with Gasteiger partial charge in [0.1, 0.15) is 13.1 Å². The van der Waals surface area contributed by atoms with E-state index in [0.717, 1.165) is 19.3 Å². The first kappa shape index (κ1) is 21.1. The van der Waals surface area contributed by atoms with E-state index >= 15 is 0 Å². The maximum Gasteiger partial charge on any atom is 0.359 e. The Morgan fingerprint density at radius 2 is 1.87 bits per heavy atom. The maximum atomic E-state index is 11.7. The Balaban J connectivity index is 4.46. The highest BCUT2D eigenvalue weighted by atomic mass is 16.4. The number of aliphatic carboxylic acids is 2. The number of rotatable bonds is 14. The van der Waals surface area contributed by atoms with E-state index in [2.05, 4.69) is 11.9 Å². The standard InChI is InChI=1S/C15H26N2O6/c1-2-3-4-5-6-13(19)16-7-8-17(9-10-18,11-14(20)21)12-15(22)23/h2,18H,1,3-12H2,(H2-,16,19,20,21,22,23). The van der Waals surface area contributed by atoms with Gasteiger partial charge in [0.2, 0.25) is 5.91 Å². The lowest BCUT2D eigenvalue weighted by molar-refractivity contribution is -0.915. The quantitative estimate of drug-likeness (QED) is 0.202. The highest BCUT2D eigenvalue weighted by Gasteiger charge is 2.30. The zero-order chi connectivity index (χ0) is 17.7. The normalized spacial score (nSPS) is 13.1. The molecule has 0 aromatic carbocycles. The molecule has 0 aromatic heterocycles. The second-order valence-electron chi connectivity index (χ2n) is 5.48. The van der Waals surface area contributed by atoms with Crippen molar-refractivity contribution in [3.63, 3.8) is 0 Å². The van der Waals surface area contributed by atoms with E-state index in [-0.39, 0.29) is 36.6 Å². The second-order valence-corrected chi connectivity index (χ2v) is 5.48. The van der Waals surface area contributed by atoms with Crippen LogP contribution in [0.2, 0.25) is 0 Å². The first-order valence-electron chi connectivity index (χ1n) is 7.60. The van der Waals surface area contributed by atoms with Crippen LogP contribution in [0.25, 0.3) is 0 Å². The van der Waals surface area contributed by atoms with Crippen LogP contribution in [0, 0.1) is 0 Å². The Hall–Kier alpha value is -1.93. The van der Waals surface area contributed by atoms with Crippen molar-refractivity contribution < 1.29 is 34.2 Å². The summed E-state index contributed by atoms with van der Waals surface area (Å²) in [5.41, 5.74) is 0. The number of aliphatic hydroxyl groups is 1. The van der Waals surface area contributed by atoms with Gasteiger partial charge in [-0.05, 0) is 19.3 Å². The number of aliphatic hydroxyl groups excluding tert-OH is 1. The molecule has 0 fully saturated rings. The SMILES string of the molecule is C=CCCCCC(=O)NCC[N+](CCO)(CC(=O)[O-])CC(=O)O. The fraction of sp³-hybridized carbons (Fsp3) is 0.667. The van der Waals surface area contributed by atoms with E-state index in [9.17, 15) is 19.5 Å². The maximum absolute atomic E-state index is 11.7. The molecule has 0 aliphatic carbocycles. The second kappa shape index (κ2) is 11.6. The summed E-state index contributed by atoms with van der Waals surface area (Å²) in [5.74, 6) is -2.73. The Bertz CT molecular complexity index is 395. The van der Waals surface area contributed by atoms with Gasteiger partial charge < -0.3 is 29.9 Å². The van der Waals surface area contributed by atoms with Gasteiger partial charge in [-0.2, -0.15) is 0 Å². The summed E-state index contributed by atoms with van der Waals surface area (Å²) in [6, 6.07) is 0. The summed E-state index contributed by atoms with van der Waals surface area (Å²) in [7, 11) is 0. The number of carboxylic acid groups (broad SMARTS) is 2. The molecule has 23 heavy (non-hydrogen) atoms. The Morgan fingerprint density at radius 1 is 1.17 bits per heavy atom. The average molecular weight is 330 g/mol. The number of carboxylic acids is 2. The van der Waals surface area contributed by atoms with Crippen LogP contribution >= 0.6 is 0 Å². The van der Waals surface area contributed by atoms with Crippen LogP contribution in [0.3, 0.4) is 0 Å². The predicted octanol–water partition coefficient (Wildman–Crippen LogP) is -1.51. The minimum atomic E-state index is -1.39. The summed E-state index contributed by atoms with van der Waals surface area (Å²) in [6.07, 6.45) is 4.57. The van der Waals surface area contributed by atoms with Gasteiger partial charge in [-0.15, -0.1) is 6.58 Å². The number of allylic oxidation sites excluding steroid dienone is 1. The van der Waals surface area contributed by atoms with Crippen LogP contribution in [0.5, 0.6) is 0 Å². The van der Waals surface area contributed by atoms with Gasteiger partial charge in [-0.1, -0.05) is 6.08 Å². The Kier molecular flexibility index (Phi) is 10.6. The third-order valence-electron chi connectivity index (χ3n) is 3.48. The molecule has 1 atom stereocenters. The van der Waals surface area contributed by atoms with Crippen molar-refractivity contribution in [2.75, 3.05) is 39.3 Å². The molecule has 0 aliphatic heterocycles. The molecule has 0 aromatic rings. The van der Waals surface area contributed by atoms with E-state index in [0.29, 0.717) is 6.42 Å². The van der Waals surface area contributed by atoms with Gasteiger partial charge in [-0.25, -0.2) is 4.79 Å². The van der Waals surface area contributed by atoms with Crippen LogP contribution in [-0.4, -0.2) is 71.9 Å². The van der Waals surface area contributed by atoms with Gasteiger partial charge in [0.15, 0.2) is 6.54 Å². The lowest BCUT2D eigenvalue weighted by Gasteiger charge is -2.37. The summed E-state index contributed by atoms with van der Waals surface area (Å²) in [4.78, 5) is 33.5. The van der Waals surface area contributed by atoms with Crippen LogP contribution in [-0.2, 0) is 14.4 Å². The number of hydrogen-bond donors (Lipinski definition) is 3. The first-order chi connectivity index (χ1) is 10.8. The first-order valence-corrected chi connectivity index (χ1v) is 7.60. The van der Waals surface area contributed by atoms with Crippen molar-refractivity contribution in [1.82, 2.24) is 5.32 Å². The van der Waals surface area contributed by atoms with Crippen LogP contribution in [0.15, 0.2) is 12.7 Å². The Morgan fingerprint density at radius 3 is 2.39 bits per heavy atom. The van der Waals surface area contributed by atoms with Crippen molar-refractivity contribution >= 4 is 17.8 Å². The molecule has 1 amide bonds. The molecule has 0 heterocycles. The number of nitrogens with one attached hydrogen (secondary N) is 1. The highest BCUT2D eigenvalue weighted by Crippen LogP contribution is 2.06. The molecule has 0 rings (SSSR count). The molecule has 0 saturated heterocycles. The Labute approximate surface area is 136 Å². The molecule has 132 valence electrons. The molecule has 8 nitrogen and oxygen atoms in total. The van der Waals surface area contributed by atoms with Crippen molar-refractivity contribution in [3.8, 4) is 0 Å². The number of carbonyl (C=O) groups is 3. The lowest BCUT2D eigenvalue weighted by Crippen LogP contribution is -2.60. The van der Waals surface area contributed by atoms with E-state index < -0.39 is 25.0 Å². The average Bonchev–Trinajstić information content (AvgIpc) is 2.42. The number of amides is 1. The van der Waals surface area contributed by atoms with Gasteiger partial charge >= 0.3 is 5.97 Å². The van der Waals surface area contributed by atoms with Gasteiger partial charge in [-0.3, -0.25) is 4.79 Å². The fourth-order valence-corrected chi connectivity index (χ4v) is 2.35. The van der Waals surface area contributed by atoms with Crippen LogP contribution in [0.4, 0.5) is 0 Å². The van der Waals surface area contributed by atoms with Crippen molar-refractivity contribution in [1.29, 1.82) is 0 Å². The molecular formula is C15H26N2O6. The number of hydrogen-bond acceptors (Lipinski definition) is 5.